The number of carbonyl (C=O) groups excluding carboxylic acids is 1. The van der Waals surface area contributed by atoms with E-state index >= 15 is 0 Å². The van der Waals surface area contributed by atoms with Crippen molar-refractivity contribution in [1.29, 1.82) is 0 Å². The van der Waals surface area contributed by atoms with Crippen LogP contribution in [-0.4, -0.2) is 27.9 Å². The Labute approximate surface area is 168 Å². The Balaban J connectivity index is 1.44. The van der Waals surface area contributed by atoms with Crippen LogP contribution in [0.15, 0.2) is 33.9 Å². The van der Waals surface area contributed by atoms with Crippen LogP contribution in [0, 0.1) is 11.8 Å². The fourth-order valence-electron chi connectivity index (χ4n) is 3.22. The number of rotatable bonds is 7. The van der Waals surface area contributed by atoms with E-state index in [2.05, 4.69) is 29.4 Å². The SMILES string of the molecule is C[C@@H]1[C@@H](C)CCC[C@H]1NC(=O)CSc1nnc(COc2ccccc2Cl)o1. The second-order valence-electron chi connectivity index (χ2n) is 6.91. The Morgan fingerprint density at radius 1 is 1.33 bits per heavy atom. The monoisotopic (exact) mass is 409 g/mol. The van der Waals surface area contributed by atoms with E-state index in [0.29, 0.717) is 33.7 Å². The van der Waals surface area contributed by atoms with Crippen LogP contribution in [0.5, 0.6) is 5.75 Å². The number of para-hydroxylation sites is 1. The van der Waals surface area contributed by atoms with E-state index in [9.17, 15) is 4.79 Å². The van der Waals surface area contributed by atoms with Gasteiger partial charge in [-0.1, -0.05) is 62.2 Å². The number of nitrogens with one attached hydrogen (secondary N) is 1. The van der Waals surface area contributed by atoms with Gasteiger partial charge in [-0.25, -0.2) is 0 Å². The zero-order valence-corrected chi connectivity index (χ0v) is 17.1. The molecule has 1 aromatic heterocycles. The predicted octanol–water partition coefficient (Wildman–Crippen LogP) is 4.34. The summed E-state index contributed by atoms with van der Waals surface area (Å²) in [6.45, 7) is 4.59. The fraction of sp³-hybridized carbons (Fsp3) is 0.526. The molecule has 0 spiro atoms. The Morgan fingerprint density at radius 2 is 2.15 bits per heavy atom. The number of aromatic nitrogens is 2. The number of thioether (sulfide) groups is 1. The van der Waals surface area contributed by atoms with Gasteiger partial charge in [-0.2, -0.15) is 0 Å². The standard InChI is InChI=1S/C19H24ClN3O3S/c1-12-6-5-8-15(13(12)2)21-17(24)11-27-19-23-22-18(26-19)10-25-16-9-4-3-7-14(16)20/h3-4,7,9,12-13,15H,5-6,8,10-11H2,1-2H3,(H,21,24)/t12-,13+,15+/m0/s1. The molecule has 0 radical (unpaired) electrons. The fourth-order valence-corrected chi connectivity index (χ4v) is 4.00. The van der Waals surface area contributed by atoms with Crippen molar-refractivity contribution in [3.63, 3.8) is 0 Å². The van der Waals surface area contributed by atoms with Gasteiger partial charge in [0, 0.05) is 6.04 Å². The maximum absolute atomic E-state index is 12.2. The largest absolute Gasteiger partial charge is 0.482 e. The number of ether oxygens (including phenoxy) is 1. The highest BCUT2D eigenvalue weighted by atomic mass is 35.5. The molecule has 1 heterocycles. The average molecular weight is 410 g/mol. The predicted molar refractivity (Wildman–Crippen MR) is 105 cm³/mol. The molecule has 1 aromatic carbocycles. The van der Waals surface area contributed by atoms with Crippen LogP contribution in [0.2, 0.25) is 5.02 Å². The molecule has 27 heavy (non-hydrogen) atoms. The number of benzene rings is 1. The van der Waals surface area contributed by atoms with Crippen molar-refractivity contribution in [1.82, 2.24) is 15.5 Å². The van der Waals surface area contributed by atoms with Gasteiger partial charge in [-0.15, -0.1) is 10.2 Å². The van der Waals surface area contributed by atoms with E-state index in [1.165, 1.54) is 24.6 Å². The van der Waals surface area contributed by atoms with Crippen molar-refractivity contribution < 1.29 is 13.9 Å². The lowest BCUT2D eigenvalue weighted by molar-refractivity contribution is -0.120. The van der Waals surface area contributed by atoms with Gasteiger partial charge in [0.15, 0.2) is 6.61 Å². The molecule has 1 aliphatic carbocycles. The molecule has 3 atom stereocenters. The van der Waals surface area contributed by atoms with Crippen molar-refractivity contribution in [3.05, 3.63) is 35.2 Å². The summed E-state index contributed by atoms with van der Waals surface area (Å²) in [7, 11) is 0. The normalized spacial score (nSPS) is 22.4. The Morgan fingerprint density at radius 3 is 2.96 bits per heavy atom. The lowest BCUT2D eigenvalue weighted by Gasteiger charge is -2.34. The minimum atomic E-state index is -0.00184. The third kappa shape index (κ3) is 5.62. The first-order chi connectivity index (χ1) is 13.0. The first kappa shape index (κ1) is 20.0. The van der Waals surface area contributed by atoms with Crippen LogP contribution >= 0.6 is 23.4 Å². The zero-order valence-electron chi connectivity index (χ0n) is 15.5. The summed E-state index contributed by atoms with van der Waals surface area (Å²) in [5.41, 5.74) is 0. The van der Waals surface area contributed by atoms with Crippen molar-refractivity contribution >= 4 is 29.3 Å². The average Bonchev–Trinajstić information content (AvgIpc) is 3.11. The first-order valence-corrected chi connectivity index (χ1v) is 10.5. The van der Waals surface area contributed by atoms with Crippen molar-refractivity contribution in [3.8, 4) is 5.75 Å². The summed E-state index contributed by atoms with van der Waals surface area (Å²) in [4.78, 5) is 12.2. The Kier molecular flexibility index (Phi) is 7.01. The highest BCUT2D eigenvalue weighted by molar-refractivity contribution is 7.99. The smallest absolute Gasteiger partial charge is 0.277 e. The van der Waals surface area contributed by atoms with E-state index in [4.69, 9.17) is 20.8 Å². The van der Waals surface area contributed by atoms with Gasteiger partial charge in [0.2, 0.25) is 5.91 Å². The summed E-state index contributed by atoms with van der Waals surface area (Å²) >= 11 is 7.27. The molecule has 0 unspecified atom stereocenters. The minimum absolute atomic E-state index is 0.00184. The van der Waals surface area contributed by atoms with E-state index in [1.807, 2.05) is 12.1 Å². The summed E-state index contributed by atoms with van der Waals surface area (Å²) in [6.07, 6.45) is 3.46. The lowest BCUT2D eigenvalue weighted by Crippen LogP contribution is -2.44. The van der Waals surface area contributed by atoms with Crippen LogP contribution in [0.3, 0.4) is 0 Å². The second-order valence-corrected chi connectivity index (χ2v) is 8.24. The molecule has 6 nitrogen and oxygen atoms in total. The van der Waals surface area contributed by atoms with Crippen LogP contribution in [0.1, 0.15) is 39.0 Å². The number of nitrogens with zero attached hydrogens (tertiary/aromatic N) is 2. The molecule has 8 heteroatoms. The van der Waals surface area contributed by atoms with Crippen LogP contribution < -0.4 is 10.1 Å². The summed E-state index contributed by atoms with van der Waals surface area (Å²) in [6, 6.07) is 7.44. The molecule has 0 bridgehead atoms. The highest BCUT2D eigenvalue weighted by Gasteiger charge is 2.28. The Bertz CT molecular complexity index is 770. The number of hydrogen-bond acceptors (Lipinski definition) is 6. The Hall–Kier alpha value is -1.73. The number of amides is 1. The van der Waals surface area contributed by atoms with E-state index in [1.54, 1.807) is 12.1 Å². The van der Waals surface area contributed by atoms with E-state index in [0.717, 1.165) is 6.42 Å². The quantitative estimate of drug-likeness (QED) is 0.685. The van der Waals surface area contributed by atoms with Gasteiger partial charge in [0.25, 0.3) is 11.1 Å². The van der Waals surface area contributed by atoms with Crippen molar-refractivity contribution in [2.24, 2.45) is 11.8 Å². The van der Waals surface area contributed by atoms with Crippen molar-refractivity contribution in [2.45, 2.75) is 51.0 Å². The van der Waals surface area contributed by atoms with Crippen LogP contribution in [-0.2, 0) is 11.4 Å². The first-order valence-electron chi connectivity index (χ1n) is 9.15. The third-order valence-corrected chi connectivity index (χ3v) is 6.15. The molecule has 0 saturated heterocycles. The van der Waals surface area contributed by atoms with E-state index in [-0.39, 0.29) is 24.3 Å². The summed E-state index contributed by atoms with van der Waals surface area (Å²) in [5, 5.41) is 11.9. The molecule has 3 rings (SSSR count). The molecule has 1 saturated carbocycles. The topological polar surface area (TPSA) is 77.2 Å². The maximum Gasteiger partial charge on any atom is 0.277 e. The van der Waals surface area contributed by atoms with Gasteiger partial charge in [0.1, 0.15) is 5.75 Å². The molecule has 1 aliphatic rings. The summed E-state index contributed by atoms with van der Waals surface area (Å²) < 4.78 is 11.1. The minimum Gasteiger partial charge on any atom is -0.482 e. The van der Waals surface area contributed by atoms with Crippen LogP contribution in [0.25, 0.3) is 0 Å². The molecule has 0 aliphatic heterocycles. The maximum atomic E-state index is 12.2. The highest BCUT2D eigenvalue weighted by Crippen LogP contribution is 2.29. The van der Waals surface area contributed by atoms with E-state index < -0.39 is 0 Å². The van der Waals surface area contributed by atoms with Gasteiger partial charge in [0.05, 0.1) is 10.8 Å². The molecule has 1 amide bonds. The molecule has 1 fully saturated rings. The van der Waals surface area contributed by atoms with Crippen molar-refractivity contribution in [2.75, 3.05) is 5.75 Å². The zero-order chi connectivity index (χ0) is 19.2. The number of halogens is 1. The van der Waals surface area contributed by atoms with Gasteiger partial charge in [-0.3, -0.25) is 4.79 Å². The second kappa shape index (κ2) is 9.46. The number of carbonyl (C=O) groups is 1. The molecular weight excluding hydrogens is 386 g/mol. The molecule has 2 aromatic rings. The van der Waals surface area contributed by atoms with Crippen LogP contribution in [0.4, 0.5) is 0 Å². The molecular formula is C19H24ClN3O3S. The van der Waals surface area contributed by atoms with Gasteiger partial charge in [-0.05, 0) is 30.4 Å². The van der Waals surface area contributed by atoms with Gasteiger partial charge < -0.3 is 14.5 Å². The molecule has 1 N–H and O–H groups in total. The number of hydrogen-bond donors (Lipinski definition) is 1. The summed E-state index contributed by atoms with van der Waals surface area (Å²) in [5.74, 6) is 2.30. The third-order valence-electron chi connectivity index (χ3n) is 5.02. The molecule has 146 valence electrons. The lowest BCUT2D eigenvalue weighted by atomic mass is 9.78. The van der Waals surface area contributed by atoms with Gasteiger partial charge >= 0.3 is 0 Å².